The molecule has 2 fully saturated rings. The van der Waals surface area contributed by atoms with E-state index in [9.17, 15) is 13.2 Å². The van der Waals surface area contributed by atoms with Crippen LogP contribution in [0.1, 0.15) is 19.3 Å². The summed E-state index contributed by atoms with van der Waals surface area (Å²) in [6.45, 7) is 1.49. The third kappa shape index (κ3) is 2.98. The molecule has 98 valence electrons. The van der Waals surface area contributed by atoms with Crippen molar-refractivity contribution in [2.45, 2.75) is 19.3 Å². The fraction of sp³-hybridized carbons (Fsp3) is 0.909. The first-order chi connectivity index (χ1) is 8.02. The van der Waals surface area contributed by atoms with Gasteiger partial charge < -0.3 is 10.0 Å². The number of likely N-dealkylation sites (tertiary alicyclic amines) is 1. The molecule has 1 unspecified atom stereocenters. The molecule has 17 heavy (non-hydrogen) atoms. The van der Waals surface area contributed by atoms with Crippen LogP contribution in [-0.2, 0) is 14.6 Å². The molecule has 0 aromatic carbocycles. The second-order valence-electron chi connectivity index (χ2n) is 5.05. The summed E-state index contributed by atoms with van der Waals surface area (Å²) in [6, 6.07) is 0. The average Bonchev–Trinajstić information content (AvgIpc) is 2.69. The molecule has 2 aliphatic heterocycles. The zero-order valence-corrected chi connectivity index (χ0v) is 10.7. The Labute approximate surface area is 102 Å². The molecule has 0 bridgehead atoms. The van der Waals surface area contributed by atoms with Crippen LogP contribution in [0.2, 0.25) is 0 Å². The van der Waals surface area contributed by atoms with Gasteiger partial charge in [-0.05, 0) is 25.2 Å². The molecule has 0 radical (unpaired) electrons. The molecular formula is C11H19NO4S. The Kier molecular flexibility index (Phi) is 3.73. The van der Waals surface area contributed by atoms with Crippen molar-refractivity contribution >= 4 is 15.7 Å². The summed E-state index contributed by atoms with van der Waals surface area (Å²) in [4.78, 5) is 13.8. The molecule has 2 rings (SSSR count). The van der Waals surface area contributed by atoms with E-state index < -0.39 is 9.84 Å². The number of aliphatic hydroxyl groups is 1. The van der Waals surface area contributed by atoms with Gasteiger partial charge in [-0.1, -0.05) is 0 Å². The number of amides is 1. The monoisotopic (exact) mass is 261 g/mol. The highest BCUT2D eigenvalue weighted by atomic mass is 32.2. The third-order valence-corrected chi connectivity index (χ3v) is 5.53. The molecule has 0 saturated carbocycles. The molecule has 5 nitrogen and oxygen atoms in total. The van der Waals surface area contributed by atoms with E-state index in [1.807, 2.05) is 0 Å². The third-order valence-electron chi connectivity index (χ3n) is 3.77. The summed E-state index contributed by atoms with van der Waals surface area (Å²) in [5, 5.41) is 9.01. The molecule has 2 saturated heterocycles. The first-order valence-corrected chi connectivity index (χ1v) is 7.94. The number of carbonyl (C=O) groups excluding carboxylic acids is 1. The largest absolute Gasteiger partial charge is 0.396 e. The minimum Gasteiger partial charge on any atom is -0.396 e. The fourth-order valence-electron chi connectivity index (χ4n) is 2.58. The first-order valence-electron chi connectivity index (χ1n) is 6.12. The predicted octanol–water partition coefficient (Wildman–Crippen LogP) is -0.348. The smallest absolute Gasteiger partial charge is 0.226 e. The van der Waals surface area contributed by atoms with E-state index >= 15 is 0 Å². The number of carbonyl (C=O) groups is 1. The summed E-state index contributed by atoms with van der Waals surface area (Å²) in [7, 11) is -2.98. The van der Waals surface area contributed by atoms with Gasteiger partial charge in [-0.2, -0.15) is 0 Å². The number of piperidine rings is 1. The molecule has 1 N–H and O–H groups in total. The molecule has 6 heteroatoms. The van der Waals surface area contributed by atoms with E-state index in [2.05, 4.69) is 0 Å². The van der Waals surface area contributed by atoms with Crippen molar-refractivity contribution in [1.82, 2.24) is 4.90 Å². The van der Waals surface area contributed by atoms with E-state index in [1.54, 1.807) is 4.90 Å². The van der Waals surface area contributed by atoms with Gasteiger partial charge in [0.15, 0.2) is 9.84 Å². The van der Waals surface area contributed by atoms with Gasteiger partial charge in [0, 0.05) is 19.7 Å². The van der Waals surface area contributed by atoms with Crippen LogP contribution in [0.25, 0.3) is 0 Å². The van der Waals surface area contributed by atoms with Crippen molar-refractivity contribution in [2.24, 2.45) is 11.8 Å². The lowest BCUT2D eigenvalue weighted by Gasteiger charge is -2.32. The van der Waals surface area contributed by atoms with Crippen molar-refractivity contribution in [3.63, 3.8) is 0 Å². The van der Waals surface area contributed by atoms with Crippen LogP contribution in [0.15, 0.2) is 0 Å². The Balaban J connectivity index is 1.89. The van der Waals surface area contributed by atoms with Gasteiger partial charge in [-0.15, -0.1) is 0 Å². The van der Waals surface area contributed by atoms with Crippen molar-refractivity contribution in [2.75, 3.05) is 31.2 Å². The number of hydrogen-bond acceptors (Lipinski definition) is 4. The van der Waals surface area contributed by atoms with E-state index in [0.717, 1.165) is 12.8 Å². The second-order valence-corrected chi connectivity index (χ2v) is 7.28. The van der Waals surface area contributed by atoms with Crippen molar-refractivity contribution < 1.29 is 18.3 Å². The standard InChI is InChI=1S/C11H19NO4S/c13-7-9-1-4-12(5-2-9)11(14)10-3-6-17(15,16)8-10/h9-10,13H,1-8H2. The molecule has 1 atom stereocenters. The van der Waals surface area contributed by atoms with Gasteiger partial charge in [0.25, 0.3) is 0 Å². The zero-order valence-electron chi connectivity index (χ0n) is 9.84. The number of nitrogens with zero attached hydrogens (tertiary/aromatic N) is 1. The molecule has 0 aliphatic carbocycles. The summed E-state index contributed by atoms with van der Waals surface area (Å²) in [6.07, 6.45) is 2.12. The van der Waals surface area contributed by atoms with Gasteiger partial charge in [0.2, 0.25) is 5.91 Å². The summed E-state index contributed by atoms with van der Waals surface area (Å²) < 4.78 is 22.6. The van der Waals surface area contributed by atoms with E-state index in [1.165, 1.54) is 0 Å². The Hall–Kier alpha value is -0.620. The maximum absolute atomic E-state index is 12.1. The average molecular weight is 261 g/mol. The Morgan fingerprint density at radius 3 is 2.35 bits per heavy atom. The van der Waals surface area contributed by atoms with Gasteiger partial charge in [0.05, 0.1) is 17.4 Å². The van der Waals surface area contributed by atoms with Crippen LogP contribution in [0.5, 0.6) is 0 Å². The number of sulfone groups is 1. The fourth-order valence-corrected chi connectivity index (χ4v) is 4.32. The van der Waals surface area contributed by atoms with E-state index in [-0.39, 0.29) is 29.9 Å². The lowest BCUT2D eigenvalue weighted by molar-refractivity contribution is -0.136. The van der Waals surface area contributed by atoms with Crippen molar-refractivity contribution in [3.8, 4) is 0 Å². The summed E-state index contributed by atoms with van der Waals surface area (Å²) in [5.74, 6) is 0.127. The van der Waals surface area contributed by atoms with Gasteiger partial charge in [-0.3, -0.25) is 4.79 Å². The van der Waals surface area contributed by atoms with Crippen molar-refractivity contribution in [3.05, 3.63) is 0 Å². The molecule has 2 heterocycles. The maximum atomic E-state index is 12.1. The Morgan fingerprint density at radius 2 is 1.88 bits per heavy atom. The van der Waals surface area contributed by atoms with Crippen LogP contribution in [0.3, 0.4) is 0 Å². The molecule has 1 amide bonds. The molecule has 0 spiro atoms. The molecular weight excluding hydrogens is 242 g/mol. The quantitative estimate of drug-likeness (QED) is 0.737. The molecule has 0 aromatic heterocycles. The van der Waals surface area contributed by atoms with Gasteiger partial charge in [0.1, 0.15) is 0 Å². The van der Waals surface area contributed by atoms with Crippen LogP contribution < -0.4 is 0 Å². The van der Waals surface area contributed by atoms with Gasteiger partial charge in [-0.25, -0.2) is 8.42 Å². The van der Waals surface area contributed by atoms with Crippen LogP contribution in [0, 0.1) is 11.8 Å². The zero-order chi connectivity index (χ0) is 12.5. The number of rotatable bonds is 2. The highest BCUT2D eigenvalue weighted by molar-refractivity contribution is 7.91. The van der Waals surface area contributed by atoms with E-state index in [4.69, 9.17) is 5.11 Å². The summed E-state index contributed by atoms with van der Waals surface area (Å²) in [5.41, 5.74) is 0. The lowest BCUT2D eigenvalue weighted by atomic mass is 9.96. The normalized spacial score (nSPS) is 29.5. The maximum Gasteiger partial charge on any atom is 0.226 e. The van der Waals surface area contributed by atoms with Crippen LogP contribution in [0.4, 0.5) is 0 Å². The Morgan fingerprint density at radius 1 is 1.24 bits per heavy atom. The highest BCUT2D eigenvalue weighted by Gasteiger charge is 2.36. The number of hydrogen-bond donors (Lipinski definition) is 1. The van der Waals surface area contributed by atoms with Crippen molar-refractivity contribution in [1.29, 1.82) is 0 Å². The minimum absolute atomic E-state index is 0.0116. The topological polar surface area (TPSA) is 74.7 Å². The minimum atomic E-state index is -2.98. The highest BCUT2D eigenvalue weighted by Crippen LogP contribution is 2.24. The number of aliphatic hydroxyl groups excluding tert-OH is 1. The molecule has 2 aliphatic rings. The van der Waals surface area contributed by atoms with E-state index in [0.29, 0.717) is 25.4 Å². The Bertz CT molecular complexity index is 384. The van der Waals surface area contributed by atoms with Crippen LogP contribution in [-0.4, -0.2) is 55.5 Å². The summed E-state index contributed by atoms with van der Waals surface area (Å²) >= 11 is 0. The van der Waals surface area contributed by atoms with Gasteiger partial charge >= 0.3 is 0 Å². The second kappa shape index (κ2) is 4.94. The predicted molar refractivity (Wildman–Crippen MR) is 63.2 cm³/mol. The SMILES string of the molecule is O=C(C1CCS(=O)(=O)C1)N1CCC(CO)CC1. The van der Waals surface area contributed by atoms with Crippen LogP contribution >= 0.6 is 0 Å². The first kappa shape index (κ1) is 12.8. The lowest BCUT2D eigenvalue weighted by Crippen LogP contribution is -2.42. The molecule has 0 aromatic rings.